The van der Waals surface area contributed by atoms with Crippen molar-refractivity contribution in [2.45, 2.75) is 46.5 Å². The normalized spacial score (nSPS) is 24.8. The van der Waals surface area contributed by atoms with E-state index >= 15 is 0 Å². The summed E-state index contributed by atoms with van der Waals surface area (Å²) in [5, 5.41) is 9.44. The quantitative estimate of drug-likeness (QED) is 0.845. The first kappa shape index (κ1) is 13.1. The van der Waals surface area contributed by atoms with E-state index in [9.17, 15) is 4.79 Å². The van der Waals surface area contributed by atoms with Gasteiger partial charge in [-0.25, -0.2) is 0 Å². The van der Waals surface area contributed by atoms with Crippen LogP contribution in [-0.2, 0) is 4.79 Å². The molecule has 18 heavy (non-hydrogen) atoms. The maximum absolute atomic E-state index is 12.1. The van der Waals surface area contributed by atoms with Gasteiger partial charge in [0.15, 0.2) is 0 Å². The van der Waals surface area contributed by atoms with Gasteiger partial charge in [-0.15, -0.1) is 0 Å². The third-order valence-electron chi connectivity index (χ3n) is 4.09. The average Bonchev–Trinajstić information content (AvgIpc) is 2.81. The Bertz CT molecular complexity index is 384. The predicted molar refractivity (Wildman–Crippen MR) is 72.1 cm³/mol. The van der Waals surface area contributed by atoms with E-state index in [0.29, 0.717) is 5.41 Å². The molecule has 0 aliphatic heterocycles. The molecule has 100 valence electrons. The van der Waals surface area contributed by atoms with Gasteiger partial charge in [-0.3, -0.25) is 9.89 Å². The van der Waals surface area contributed by atoms with Crippen molar-refractivity contribution in [3.05, 3.63) is 12.4 Å². The lowest BCUT2D eigenvalue weighted by Crippen LogP contribution is -2.31. The topological polar surface area (TPSA) is 57.8 Å². The Morgan fingerprint density at radius 3 is 2.50 bits per heavy atom. The lowest BCUT2D eigenvalue weighted by atomic mass is 9.69. The molecule has 1 amide bonds. The summed E-state index contributed by atoms with van der Waals surface area (Å²) < 4.78 is 0. The number of H-pyrrole nitrogens is 1. The molecule has 4 heteroatoms. The molecule has 0 atom stereocenters. The summed E-state index contributed by atoms with van der Waals surface area (Å²) in [6.45, 7) is 6.89. The van der Waals surface area contributed by atoms with E-state index in [1.807, 2.05) is 0 Å². The molecule has 1 fully saturated rings. The van der Waals surface area contributed by atoms with E-state index in [1.54, 1.807) is 12.4 Å². The molecule has 2 rings (SSSR count). The second kappa shape index (κ2) is 5.12. The Balaban J connectivity index is 1.84. The molecule has 0 radical (unpaired) electrons. The summed E-state index contributed by atoms with van der Waals surface area (Å²) in [6, 6.07) is 0. The van der Waals surface area contributed by atoms with Crippen molar-refractivity contribution in [2.75, 3.05) is 5.32 Å². The summed E-state index contributed by atoms with van der Waals surface area (Å²) >= 11 is 0. The zero-order valence-corrected chi connectivity index (χ0v) is 11.5. The molecule has 1 aromatic heterocycles. The molecule has 0 bridgehead atoms. The number of carbonyl (C=O) groups is 1. The van der Waals surface area contributed by atoms with Crippen LogP contribution in [0.1, 0.15) is 46.5 Å². The smallest absolute Gasteiger partial charge is 0.227 e. The van der Waals surface area contributed by atoms with Gasteiger partial charge in [-0.2, -0.15) is 5.10 Å². The number of aromatic nitrogens is 2. The fourth-order valence-electron chi connectivity index (χ4n) is 2.79. The van der Waals surface area contributed by atoms with Crippen molar-refractivity contribution >= 4 is 11.6 Å². The van der Waals surface area contributed by atoms with Crippen molar-refractivity contribution in [3.63, 3.8) is 0 Å². The predicted octanol–water partition coefficient (Wildman–Crippen LogP) is 3.20. The minimum absolute atomic E-state index is 0.142. The van der Waals surface area contributed by atoms with E-state index in [-0.39, 0.29) is 11.8 Å². The van der Waals surface area contributed by atoms with Crippen molar-refractivity contribution in [1.29, 1.82) is 0 Å². The number of rotatable bonds is 2. The minimum Gasteiger partial charge on any atom is -0.323 e. The van der Waals surface area contributed by atoms with Gasteiger partial charge in [0.05, 0.1) is 11.9 Å². The van der Waals surface area contributed by atoms with E-state index in [2.05, 4.69) is 36.3 Å². The number of amides is 1. The average molecular weight is 249 g/mol. The third kappa shape index (κ3) is 3.12. The Morgan fingerprint density at radius 2 is 2.00 bits per heavy atom. The van der Waals surface area contributed by atoms with Gasteiger partial charge in [-0.1, -0.05) is 20.8 Å². The molecular formula is C14H23N3O. The largest absolute Gasteiger partial charge is 0.323 e. The van der Waals surface area contributed by atoms with Gasteiger partial charge in [0.1, 0.15) is 0 Å². The number of nitrogens with zero attached hydrogens (tertiary/aromatic N) is 1. The molecule has 0 unspecified atom stereocenters. The van der Waals surface area contributed by atoms with Gasteiger partial charge in [0.2, 0.25) is 5.91 Å². The monoisotopic (exact) mass is 249 g/mol. The first-order chi connectivity index (χ1) is 8.47. The SMILES string of the molecule is CC(C)(C)C1CCC(C(=O)Nc2cn[nH]c2)CC1. The van der Waals surface area contributed by atoms with Gasteiger partial charge >= 0.3 is 0 Å². The molecule has 0 saturated heterocycles. The van der Waals surface area contributed by atoms with E-state index in [0.717, 1.165) is 37.3 Å². The zero-order chi connectivity index (χ0) is 13.2. The molecule has 0 spiro atoms. The molecule has 1 aliphatic rings. The van der Waals surface area contributed by atoms with Crippen LogP contribution in [-0.4, -0.2) is 16.1 Å². The zero-order valence-electron chi connectivity index (χ0n) is 11.5. The van der Waals surface area contributed by atoms with Crippen LogP contribution in [0.25, 0.3) is 0 Å². The van der Waals surface area contributed by atoms with Gasteiger partial charge in [0.25, 0.3) is 0 Å². The Labute approximate surface area is 109 Å². The van der Waals surface area contributed by atoms with Gasteiger partial charge in [0, 0.05) is 12.1 Å². The Morgan fingerprint density at radius 1 is 1.33 bits per heavy atom. The minimum atomic E-state index is 0.142. The van der Waals surface area contributed by atoms with Crippen molar-refractivity contribution in [2.24, 2.45) is 17.3 Å². The number of anilines is 1. The highest BCUT2D eigenvalue weighted by Crippen LogP contribution is 2.39. The maximum atomic E-state index is 12.1. The second-order valence-corrected chi connectivity index (χ2v) is 6.39. The van der Waals surface area contributed by atoms with Crippen LogP contribution in [0.4, 0.5) is 5.69 Å². The summed E-state index contributed by atoms with van der Waals surface area (Å²) in [7, 11) is 0. The third-order valence-corrected chi connectivity index (χ3v) is 4.09. The first-order valence-electron chi connectivity index (χ1n) is 6.76. The van der Waals surface area contributed by atoms with E-state index < -0.39 is 0 Å². The second-order valence-electron chi connectivity index (χ2n) is 6.39. The molecule has 1 aromatic rings. The fourth-order valence-corrected chi connectivity index (χ4v) is 2.79. The van der Waals surface area contributed by atoms with Gasteiger partial charge < -0.3 is 5.32 Å². The van der Waals surface area contributed by atoms with E-state index in [4.69, 9.17) is 0 Å². The summed E-state index contributed by atoms with van der Waals surface area (Å²) in [5.74, 6) is 1.05. The molecule has 1 heterocycles. The van der Waals surface area contributed by atoms with Gasteiger partial charge in [-0.05, 0) is 37.0 Å². The van der Waals surface area contributed by atoms with Crippen LogP contribution in [0.2, 0.25) is 0 Å². The highest BCUT2D eigenvalue weighted by molar-refractivity contribution is 5.92. The van der Waals surface area contributed by atoms with Crippen LogP contribution in [0, 0.1) is 17.3 Å². The van der Waals surface area contributed by atoms with Crippen LogP contribution in [0.5, 0.6) is 0 Å². The standard InChI is InChI=1S/C14H23N3O/c1-14(2,3)11-6-4-10(5-7-11)13(18)17-12-8-15-16-9-12/h8-11H,4-7H2,1-3H3,(H,15,16)(H,17,18). The molecule has 0 aromatic carbocycles. The summed E-state index contributed by atoms with van der Waals surface area (Å²) in [5.41, 5.74) is 1.13. The lowest BCUT2D eigenvalue weighted by Gasteiger charge is -2.36. The van der Waals surface area contributed by atoms with Crippen LogP contribution >= 0.6 is 0 Å². The number of nitrogens with one attached hydrogen (secondary N) is 2. The highest BCUT2D eigenvalue weighted by atomic mass is 16.1. The first-order valence-corrected chi connectivity index (χ1v) is 6.76. The van der Waals surface area contributed by atoms with Crippen LogP contribution in [0.15, 0.2) is 12.4 Å². The highest BCUT2D eigenvalue weighted by Gasteiger charge is 2.32. The fraction of sp³-hybridized carbons (Fsp3) is 0.714. The number of hydrogen-bond acceptors (Lipinski definition) is 2. The lowest BCUT2D eigenvalue weighted by molar-refractivity contribution is -0.121. The van der Waals surface area contributed by atoms with Crippen molar-refractivity contribution in [1.82, 2.24) is 10.2 Å². The molecule has 1 saturated carbocycles. The molecule has 2 N–H and O–H groups in total. The molecular weight excluding hydrogens is 226 g/mol. The van der Waals surface area contributed by atoms with Crippen LogP contribution in [0.3, 0.4) is 0 Å². The Hall–Kier alpha value is -1.32. The number of carbonyl (C=O) groups excluding carboxylic acids is 1. The summed E-state index contributed by atoms with van der Waals surface area (Å²) in [6.07, 6.45) is 7.68. The maximum Gasteiger partial charge on any atom is 0.227 e. The molecule has 1 aliphatic carbocycles. The number of hydrogen-bond donors (Lipinski definition) is 2. The van der Waals surface area contributed by atoms with Crippen LogP contribution < -0.4 is 5.32 Å². The molecule has 4 nitrogen and oxygen atoms in total. The van der Waals surface area contributed by atoms with E-state index in [1.165, 1.54) is 0 Å². The van der Waals surface area contributed by atoms with Crippen molar-refractivity contribution < 1.29 is 4.79 Å². The summed E-state index contributed by atoms with van der Waals surface area (Å²) in [4.78, 5) is 12.1. The van der Waals surface area contributed by atoms with Crippen molar-refractivity contribution in [3.8, 4) is 0 Å². The Kier molecular flexibility index (Phi) is 3.73. The number of aromatic amines is 1.